The van der Waals surface area contributed by atoms with Gasteiger partial charge in [0.25, 0.3) is 0 Å². The number of nitrogens with one attached hydrogen (secondary N) is 1. The molecule has 0 saturated carbocycles. The maximum atomic E-state index is 5.41. The third-order valence-corrected chi connectivity index (χ3v) is 4.44. The van der Waals surface area contributed by atoms with Gasteiger partial charge in [0.2, 0.25) is 5.75 Å². The summed E-state index contributed by atoms with van der Waals surface area (Å²) in [5.74, 6) is 4.20. The van der Waals surface area contributed by atoms with Crippen LogP contribution in [0.4, 0.5) is 17.3 Å². The standard InChI is InChI=1S/C19H26N4O3/c1-13-20-17(12-18(21-13)23-8-6-5-7-9-23)22-14-10-15(24-2)19(26-4)16(11-14)25-3/h10-12H,5-9H2,1-4H3,(H,20,21,22). The van der Waals surface area contributed by atoms with Crippen LogP contribution >= 0.6 is 0 Å². The van der Waals surface area contributed by atoms with Crippen LogP contribution in [0.2, 0.25) is 0 Å². The Morgan fingerprint density at radius 2 is 1.54 bits per heavy atom. The van der Waals surface area contributed by atoms with E-state index in [0.717, 1.165) is 36.2 Å². The van der Waals surface area contributed by atoms with Crippen molar-refractivity contribution >= 4 is 17.3 Å². The van der Waals surface area contributed by atoms with Gasteiger partial charge in [-0.15, -0.1) is 0 Å². The highest BCUT2D eigenvalue weighted by Crippen LogP contribution is 2.40. The number of hydrogen-bond acceptors (Lipinski definition) is 7. The molecule has 2 heterocycles. The van der Waals surface area contributed by atoms with Crippen molar-refractivity contribution in [1.29, 1.82) is 0 Å². The Morgan fingerprint density at radius 1 is 0.885 bits per heavy atom. The molecule has 1 aromatic carbocycles. The number of hydrogen-bond donors (Lipinski definition) is 1. The van der Waals surface area contributed by atoms with Crippen LogP contribution in [0.3, 0.4) is 0 Å². The number of anilines is 3. The van der Waals surface area contributed by atoms with Crippen molar-refractivity contribution in [2.45, 2.75) is 26.2 Å². The van der Waals surface area contributed by atoms with Gasteiger partial charge in [-0.25, -0.2) is 9.97 Å². The second-order valence-electron chi connectivity index (χ2n) is 6.25. The van der Waals surface area contributed by atoms with Gasteiger partial charge < -0.3 is 24.4 Å². The van der Waals surface area contributed by atoms with Crippen molar-refractivity contribution < 1.29 is 14.2 Å². The van der Waals surface area contributed by atoms with Gasteiger partial charge >= 0.3 is 0 Å². The zero-order valence-electron chi connectivity index (χ0n) is 15.8. The fourth-order valence-electron chi connectivity index (χ4n) is 3.20. The lowest BCUT2D eigenvalue weighted by Gasteiger charge is -2.28. The van der Waals surface area contributed by atoms with Gasteiger partial charge in [0.1, 0.15) is 17.5 Å². The first kappa shape index (κ1) is 18.1. The van der Waals surface area contributed by atoms with E-state index in [0.29, 0.717) is 17.2 Å². The molecule has 1 N–H and O–H groups in total. The van der Waals surface area contributed by atoms with Crippen LogP contribution in [0.15, 0.2) is 18.2 Å². The number of ether oxygens (including phenoxy) is 3. The number of nitrogens with zero attached hydrogens (tertiary/aromatic N) is 3. The largest absolute Gasteiger partial charge is 0.493 e. The van der Waals surface area contributed by atoms with Crippen molar-refractivity contribution in [3.05, 3.63) is 24.0 Å². The molecule has 0 bridgehead atoms. The van der Waals surface area contributed by atoms with Crippen molar-refractivity contribution in [2.24, 2.45) is 0 Å². The molecule has 1 aromatic heterocycles. The van der Waals surface area contributed by atoms with E-state index in [2.05, 4.69) is 20.2 Å². The lowest BCUT2D eigenvalue weighted by atomic mass is 10.1. The second-order valence-corrected chi connectivity index (χ2v) is 6.25. The summed E-state index contributed by atoms with van der Waals surface area (Å²) in [4.78, 5) is 11.4. The molecule has 1 fully saturated rings. The zero-order valence-corrected chi connectivity index (χ0v) is 15.8. The number of methoxy groups -OCH3 is 3. The Bertz CT molecular complexity index is 735. The molecule has 26 heavy (non-hydrogen) atoms. The molecule has 0 unspecified atom stereocenters. The predicted octanol–water partition coefficient (Wildman–Crippen LogP) is 3.54. The molecular formula is C19H26N4O3. The third-order valence-electron chi connectivity index (χ3n) is 4.44. The lowest BCUT2D eigenvalue weighted by molar-refractivity contribution is 0.324. The molecule has 0 radical (unpaired) electrons. The van der Waals surface area contributed by atoms with Gasteiger partial charge in [-0.05, 0) is 26.2 Å². The Balaban J connectivity index is 1.89. The average molecular weight is 358 g/mol. The van der Waals surface area contributed by atoms with Crippen LogP contribution in [-0.4, -0.2) is 44.4 Å². The highest BCUT2D eigenvalue weighted by Gasteiger charge is 2.16. The molecule has 0 spiro atoms. The Morgan fingerprint density at radius 3 is 2.12 bits per heavy atom. The monoisotopic (exact) mass is 358 g/mol. The third kappa shape index (κ3) is 3.92. The molecule has 0 atom stereocenters. The fourth-order valence-corrected chi connectivity index (χ4v) is 3.20. The van der Waals surface area contributed by atoms with E-state index in [4.69, 9.17) is 14.2 Å². The van der Waals surface area contributed by atoms with Gasteiger partial charge in [0.05, 0.1) is 21.3 Å². The van der Waals surface area contributed by atoms with E-state index in [-0.39, 0.29) is 0 Å². The van der Waals surface area contributed by atoms with E-state index in [1.165, 1.54) is 19.3 Å². The summed E-state index contributed by atoms with van der Waals surface area (Å²) in [6.45, 7) is 3.99. The molecule has 1 saturated heterocycles. The van der Waals surface area contributed by atoms with E-state index in [1.807, 2.05) is 25.1 Å². The Hall–Kier alpha value is -2.70. The molecule has 7 heteroatoms. The van der Waals surface area contributed by atoms with Crippen molar-refractivity contribution in [3.63, 3.8) is 0 Å². The maximum absolute atomic E-state index is 5.41. The summed E-state index contributed by atoms with van der Waals surface area (Å²) in [5, 5.41) is 3.33. The summed E-state index contributed by atoms with van der Waals surface area (Å²) < 4.78 is 16.2. The normalized spacial score (nSPS) is 14.1. The minimum absolute atomic E-state index is 0.563. The first-order chi connectivity index (χ1) is 12.6. The Labute approximate surface area is 154 Å². The van der Waals surface area contributed by atoms with E-state index < -0.39 is 0 Å². The summed E-state index contributed by atoms with van der Waals surface area (Å²) in [6.07, 6.45) is 3.70. The topological polar surface area (TPSA) is 68.7 Å². The number of rotatable bonds is 6. The van der Waals surface area contributed by atoms with Crippen molar-refractivity contribution in [2.75, 3.05) is 44.6 Å². The molecule has 3 rings (SSSR count). The van der Waals surface area contributed by atoms with E-state index in [1.54, 1.807) is 21.3 Å². The van der Waals surface area contributed by atoms with E-state index in [9.17, 15) is 0 Å². The van der Waals surface area contributed by atoms with Gasteiger partial charge in [0.15, 0.2) is 11.5 Å². The molecule has 0 aliphatic carbocycles. The van der Waals surface area contributed by atoms with Crippen LogP contribution in [0, 0.1) is 6.92 Å². The smallest absolute Gasteiger partial charge is 0.203 e. The maximum Gasteiger partial charge on any atom is 0.203 e. The first-order valence-electron chi connectivity index (χ1n) is 8.82. The fraction of sp³-hybridized carbons (Fsp3) is 0.474. The van der Waals surface area contributed by atoms with Crippen LogP contribution in [0.5, 0.6) is 17.2 Å². The predicted molar refractivity (Wildman–Crippen MR) is 102 cm³/mol. The highest BCUT2D eigenvalue weighted by atomic mass is 16.5. The van der Waals surface area contributed by atoms with Crippen molar-refractivity contribution in [3.8, 4) is 17.2 Å². The SMILES string of the molecule is COc1cc(Nc2cc(N3CCCCC3)nc(C)n2)cc(OC)c1OC. The van der Waals surface area contributed by atoms with Crippen LogP contribution in [0.1, 0.15) is 25.1 Å². The number of aryl methyl sites for hydroxylation is 1. The van der Waals surface area contributed by atoms with E-state index >= 15 is 0 Å². The molecule has 2 aromatic rings. The van der Waals surface area contributed by atoms with Gasteiger partial charge in [-0.3, -0.25) is 0 Å². The first-order valence-corrected chi connectivity index (χ1v) is 8.82. The minimum atomic E-state index is 0.563. The summed E-state index contributed by atoms with van der Waals surface area (Å²) in [7, 11) is 4.79. The van der Waals surface area contributed by atoms with Gasteiger partial charge in [0, 0.05) is 37.0 Å². The highest BCUT2D eigenvalue weighted by molar-refractivity contribution is 5.67. The minimum Gasteiger partial charge on any atom is -0.493 e. The molecule has 1 aliphatic rings. The summed E-state index contributed by atoms with van der Waals surface area (Å²) >= 11 is 0. The molecular weight excluding hydrogens is 332 g/mol. The quantitative estimate of drug-likeness (QED) is 0.847. The average Bonchev–Trinajstić information content (AvgIpc) is 2.67. The van der Waals surface area contributed by atoms with Crippen LogP contribution < -0.4 is 24.4 Å². The number of benzene rings is 1. The van der Waals surface area contributed by atoms with Gasteiger partial charge in [-0.2, -0.15) is 0 Å². The molecule has 7 nitrogen and oxygen atoms in total. The number of piperidine rings is 1. The number of aromatic nitrogens is 2. The second kappa shape index (κ2) is 8.12. The van der Waals surface area contributed by atoms with Gasteiger partial charge in [-0.1, -0.05) is 0 Å². The summed E-state index contributed by atoms with van der Waals surface area (Å²) in [5.41, 5.74) is 0.808. The van der Waals surface area contributed by atoms with Crippen molar-refractivity contribution in [1.82, 2.24) is 9.97 Å². The molecule has 1 aliphatic heterocycles. The molecule has 140 valence electrons. The van der Waals surface area contributed by atoms with Crippen LogP contribution in [0.25, 0.3) is 0 Å². The Kier molecular flexibility index (Phi) is 5.65. The molecule has 0 amide bonds. The lowest BCUT2D eigenvalue weighted by Crippen LogP contribution is -2.30. The van der Waals surface area contributed by atoms with Crippen LogP contribution in [-0.2, 0) is 0 Å². The summed E-state index contributed by atoms with van der Waals surface area (Å²) in [6, 6.07) is 5.71. The zero-order chi connectivity index (χ0) is 18.5.